The summed E-state index contributed by atoms with van der Waals surface area (Å²) in [5.74, 6) is -0.0951. The van der Waals surface area contributed by atoms with E-state index >= 15 is 0 Å². The summed E-state index contributed by atoms with van der Waals surface area (Å²) in [5.41, 5.74) is 5.86. The lowest BCUT2D eigenvalue weighted by Crippen LogP contribution is -2.30. The van der Waals surface area contributed by atoms with Crippen LogP contribution in [0.5, 0.6) is 0 Å². The van der Waals surface area contributed by atoms with E-state index < -0.39 is 30.6 Å². The molecule has 3 rings (SSSR count). The zero-order valence-corrected chi connectivity index (χ0v) is 9.93. The van der Waals surface area contributed by atoms with Gasteiger partial charge in [0, 0.05) is 0 Å². The lowest BCUT2D eigenvalue weighted by atomic mass is 10.1. The van der Waals surface area contributed by atoms with Gasteiger partial charge in [0.05, 0.1) is 12.4 Å². The monoisotopic (exact) mass is 269 g/mol. The van der Waals surface area contributed by atoms with E-state index in [0.29, 0.717) is 0 Å². The number of imidazole rings is 1. The first-order valence-electron chi connectivity index (χ1n) is 5.66. The van der Waals surface area contributed by atoms with E-state index in [-0.39, 0.29) is 17.0 Å². The molecular weight excluding hydrogens is 257 g/mol. The maximum atomic E-state index is 13.2. The Kier molecular flexibility index (Phi) is 2.62. The van der Waals surface area contributed by atoms with Crippen LogP contribution in [0.25, 0.3) is 11.2 Å². The zero-order chi connectivity index (χ0) is 13.7. The number of nitrogen functional groups attached to an aromatic ring is 1. The number of aliphatic hydroxyl groups excluding tert-OH is 2. The van der Waals surface area contributed by atoms with E-state index in [2.05, 4.69) is 15.0 Å². The maximum absolute atomic E-state index is 13.2. The number of aromatic nitrogens is 4. The van der Waals surface area contributed by atoms with Crippen molar-refractivity contribution in [1.82, 2.24) is 19.5 Å². The Morgan fingerprint density at radius 1 is 1.37 bits per heavy atom. The van der Waals surface area contributed by atoms with Gasteiger partial charge in [0.2, 0.25) is 0 Å². The van der Waals surface area contributed by atoms with Crippen molar-refractivity contribution in [2.45, 2.75) is 31.5 Å². The molecule has 0 radical (unpaired) electrons. The average molecular weight is 269 g/mol. The van der Waals surface area contributed by atoms with Gasteiger partial charge in [-0.2, -0.15) is 14.4 Å². The molecule has 1 fully saturated rings. The van der Waals surface area contributed by atoms with Crippen molar-refractivity contribution in [3.05, 3.63) is 12.4 Å². The van der Waals surface area contributed by atoms with Gasteiger partial charge in [-0.15, -0.1) is 0 Å². The molecule has 4 atom stereocenters. The molecule has 9 heteroatoms. The highest BCUT2D eigenvalue weighted by Gasteiger charge is 2.42. The highest BCUT2D eigenvalue weighted by molar-refractivity contribution is 5.81. The van der Waals surface area contributed by atoms with Crippen molar-refractivity contribution in [2.75, 3.05) is 5.73 Å². The Labute approximate surface area is 106 Å². The number of rotatable bonds is 1. The lowest BCUT2D eigenvalue weighted by molar-refractivity contribution is -0.0300. The molecule has 1 saturated heterocycles. The molecule has 0 aromatic carbocycles. The fourth-order valence-corrected chi connectivity index (χ4v) is 2.15. The second-order valence-electron chi connectivity index (χ2n) is 4.41. The molecule has 0 bridgehead atoms. The van der Waals surface area contributed by atoms with Crippen LogP contribution in [0.4, 0.5) is 10.2 Å². The highest BCUT2D eigenvalue weighted by Crippen LogP contribution is 2.31. The third-order valence-corrected chi connectivity index (χ3v) is 3.17. The van der Waals surface area contributed by atoms with Gasteiger partial charge in [-0.3, -0.25) is 4.57 Å². The molecular formula is C10H12FN5O3. The lowest BCUT2D eigenvalue weighted by Gasteiger charge is -2.16. The van der Waals surface area contributed by atoms with Gasteiger partial charge in [0.1, 0.15) is 12.2 Å². The van der Waals surface area contributed by atoms with E-state index in [4.69, 9.17) is 10.5 Å². The molecule has 4 N–H and O–H groups in total. The van der Waals surface area contributed by atoms with Crippen LogP contribution in [0.2, 0.25) is 0 Å². The highest BCUT2D eigenvalue weighted by atomic mass is 19.1. The minimum Gasteiger partial charge on any atom is -0.388 e. The van der Waals surface area contributed by atoms with E-state index in [9.17, 15) is 14.6 Å². The van der Waals surface area contributed by atoms with Crippen molar-refractivity contribution >= 4 is 17.0 Å². The van der Waals surface area contributed by atoms with Crippen molar-refractivity contribution in [1.29, 1.82) is 0 Å². The number of nitrogens with zero attached hydrogens (tertiary/aromatic N) is 4. The topological polar surface area (TPSA) is 119 Å². The number of anilines is 1. The second kappa shape index (κ2) is 4.08. The van der Waals surface area contributed by atoms with Crippen LogP contribution >= 0.6 is 0 Å². The number of halogens is 1. The Balaban J connectivity index is 2.11. The number of ether oxygens (including phenoxy) is 1. The summed E-state index contributed by atoms with van der Waals surface area (Å²) in [6.07, 6.45) is -3.33. The first-order valence-corrected chi connectivity index (χ1v) is 5.66. The summed E-state index contributed by atoms with van der Waals surface area (Å²) in [6, 6.07) is 0. The SMILES string of the molecule is C[C@@H]1O[C@@H](n2cnc3c(N)nc(F)nc32)[C@H](O)[C@H]1O. The van der Waals surface area contributed by atoms with Crippen LogP contribution in [0.15, 0.2) is 6.33 Å². The quantitative estimate of drug-likeness (QED) is 0.579. The molecule has 0 saturated carbocycles. The summed E-state index contributed by atoms with van der Waals surface area (Å²) >= 11 is 0. The maximum Gasteiger partial charge on any atom is 0.312 e. The Morgan fingerprint density at radius 3 is 2.74 bits per heavy atom. The predicted octanol–water partition coefficient (Wildman–Crippen LogP) is -0.813. The zero-order valence-electron chi connectivity index (χ0n) is 9.93. The molecule has 1 aliphatic heterocycles. The van der Waals surface area contributed by atoms with Crippen molar-refractivity contribution < 1.29 is 19.3 Å². The fraction of sp³-hybridized carbons (Fsp3) is 0.500. The minimum atomic E-state index is -1.16. The summed E-state index contributed by atoms with van der Waals surface area (Å²) in [7, 11) is 0. The van der Waals surface area contributed by atoms with E-state index in [0.717, 1.165) is 0 Å². The summed E-state index contributed by atoms with van der Waals surface area (Å²) < 4.78 is 19.9. The second-order valence-corrected chi connectivity index (χ2v) is 4.41. The molecule has 0 spiro atoms. The van der Waals surface area contributed by atoms with Gasteiger partial charge >= 0.3 is 6.08 Å². The number of aliphatic hydroxyl groups is 2. The van der Waals surface area contributed by atoms with Crippen LogP contribution < -0.4 is 5.73 Å². The van der Waals surface area contributed by atoms with Gasteiger partial charge < -0.3 is 20.7 Å². The first-order chi connectivity index (χ1) is 8.99. The van der Waals surface area contributed by atoms with E-state index in [1.807, 2.05) is 0 Å². The van der Waals surface area contributed by atoms with Crippen molar-refractivity contribution in [3.63, 3.8) is 0 Å². The van der Waals surface area contributed by atoms with Crippen LogP contribution in [-0.2, 0) is 4.74 Å². The predicted molar refractivity (Wildman–Crippen MR) is 61.3 cm³/mol. The molecule has 0 amide bonds. The molecule has 1 aliphatic rings. The Hall–Kier alpha value is -1.84. The molecule has 3 heterocycles. The minimum absolute atomic E-state index is 0.0951. The molecule has 8 nitrogen and oxygen atoms in total. The van der Waals surface area contributed by atoms with Gasteiger partial charge in [-0.05, 0) is 6.92 Å². The number of nitrogens with two attached hydrogens (primary N) is 1. The Morgan fingerprint density at radius 2 is 2.11 bits per heavy atom. The molecule has 102 valence electrons. The number of hydrogen-bond donors (Lipinski definition) is 3. The van der Waals surface area contributed by atoms with Gasteiger partial charge in [0.15, 0.2) is 23.2 Å². The molecule has 2 aromatic heterocycles. The van der Waals surface area contributed by atoms with Gasteiger partial charge in [0.25, 0.3) is 0 Å². The Bertz CT molecular complexity index is 633. The number of fused-ring (bicyclic) bond motifs is 1. The molecule has 0 aliphatic carbocycles. The molecule has 2 aromatic rings. The fourth-order valence-electron chi connectivity index (χ4n) is 2.15. The first kappa shape index (κ1) is 12.2. The third kappa shape index (κ3) is 1.74. The summed E-state index contributed by atoms with van der Waals surface area (Å²) in [4.78, 5) is 10.9. The molecule has 19 heavy (non-hydrogen) atoms. The van der Waals surface area contributed by atoms with Crippen LogP contribution in [0.1, 0.15) is 13.2 Å². The van der Waals surface area contributed by atoms with E-state index in [1.54, 1.807) is 6.92 Å². The standard InChI is InChI=1S/C10H12FN5O3/c1-3-5(17)6(18)9(19-3)16-2-13-4-7(12)14-10(11)15-8(4)16/h2-3,5-6,9,17-18H,1H3,(H2,12,14,15)/t3-,5-,6+,9+/m0/s1. The van der Waals surface area contributed by atoms with Crippen molar-refractivity contribution in [2.24, 2.45) is 0 Å². The van der Waals surface area contributed by atoms with Gasteiger partial charge in [-0.1, -0.05) is 0 Å². The van der Waals surface area contributed by atoms with Crippen LogP contribution in [0.3, 0.4) is 0 Å². The number of hydrogen-bond acceptors (Lipinski definition) is 7. The van der Waals surface area contributed by atoms with Gasteiger partial charge in [-0.25, -0.2) is 4.98 Å². The van der Waals surface area contributed by atoms with Crippen LogP contribution in [0, 0.1) is 6.08 Å². The van der Waals surface area contributed by atoms with Crippen molar-refractivity contribution in [3.8, 4) is 0 Å². The summed E-state index contributed by atoms with van der Waals surface area (Å²) in [5, 5.41) is 19.6. The average Bonchev–Trinajstić information content (AvgIpc) is 2.86. The molecule has 0 unspecified atom stereocenters. The van der Waals surface area contributed by atoms with Crippen LogP contribution in [-0.4, -0.2) is 48.0 Å². The van der Waals surface area contributed by atoms with E-state index in [1.165, 1.54) is 10.9 Å². The summed E-state index contributed by atoms with van der Waals surface area (Å²) in [6.45, 7) is 1.62. The normalized spacial score (nSPS) is 31.2. The largest absolute Gasteiger partial charge is 0.388 e. The smallest absolute Gasteiger partial charge is 0.312 e. The third-order valence-electron chi connectivity index (χ3n) is 3.17.